The van der Waals surface area contributed by atoms with Gasteiger partial charge in [0.25, 0.3) is 5.91 Å². The molecule has 0 fully saturated rings. The molecular weight excluding hydrogens is 345 g/mol. The monoisotopic (exact) mass is 371 g/mol. The van der Waals surface area contributed by atoms with Gasteiger partial charge in [-0.05, 0) is 62.8 Å². The molecule has 1 amide bonds. The Labute approximate surface area is 159 Å². The molecule has 144 valence electrons. The van der Waals surface area contributed by atoms with Gasteiger partial charge < -0.3 is 10.1 Å². The first-order valence-corrected chi connectivity index (χ1v) is 9.62. The average Bonchev–Trinajstić information content (AvgIpc) is 3.12. The molecule has 6 heteroatoms. The molecule has 5 nitrogen and oxygen atoms in total. The standard InChI is InChI=1S/C21H26FN3O2/c1-2-14-27-19-15-25(18-10-8-17(22)9-11-18)24-20(19)21(26)23-13-12-16-6-4-3-5-7-16/h6,8-11,15H,2-5,7,12-14H2,1H3,(H,23,26). The van der Waals surface area contributed by atoms with E-state index in [1.54, 1.807) is 23.0 Å². The van der Waals surface area contributed by atoms with Gasteiger partial charge in [-0.25, -0.2) is 9.07 Å². The second-order valence-electron chi connectivity index (χ2n) is 6.73. The molecule has 0 bridgehead atoms. The molecule has 0 unspecified atom stereocenters. The predicted molar refractivity (Wildman–Crippen MR) is 103 cm³/mol. The SMILES string of the molecule is CCCOc1cn(-c2ccc(F)cc2)nc1C(=O)NCCC1=CCCCC1. The zero-order valence-corrected chi connectivity index (χ0v) is 15.7. The summed E-state index contributed by atoms with van der Waals surface area (Å²) >= 11 is 0. The van der Waals surface area contributed by atoms with E-state index in [1.807, 2.05) is 6.92 Å². The van der Waals surface area contributed by atoms with Crippen molar-refractivity contribution in [2.24, 2.45) is 0 Å². The third-order valence-corrected chi connectivity index (χ3v) is 4.57. The maximum absolute atomic E-state index is 13.2. The molecule has 1 aliphatic rings. The Hall–Kier alpha value is -2.63. The summed E-state index contributed by atoms with van der Waals surface area (Å²) in [5.74, 6) is -0.128. The first-order valence-electron chi connectivity index (χ1n) is 9.62. The molecule has 0 atom stereocenters. The van der Waals surface area contributed by atoms with E-state index >= 15 is 0 Å². The number of benzene rings is 1. The number of nitrogens with zero attached hydrogens (tertiary/aromatic N) is 2. The Bertz CT molecular complexity index is 796. The van der Waals surface area contributed by atoms with Gasteiger partial charge in [-0.15, -0.1) is 0 Å². The van der Waals surface area contributed by atoms with Crippen molar-refractivity contribution in [1.29, 1.82) is 0 Å². The van der Waals surface area contributed by atoms with Gasteiger partial charge in [0.05, 0.1) is 18.5 Å². The van der Waals surface area contributed by atoms with Crippen LogP contribution in [0, 0.1) is 5.82 Å². The van der Waals surface area contributed by atoms with Crippen LogP contribution in [0.15, 0.2) is 42.1 Å². The molecule has 1 aliphatic carbocycles. The summed E-state index contributed by atoms with van der Waals surface area (Å²) in [7, 11) is 0. The van der Waals surface area contributed by atoms with Crippen LogP contribution in [0.1, 0.15) is 55.9 Å². The summed E-state index contributed by atoms with van der Waals surface area (Å²) < 4.78 is 20.4. The van der Waals surface area contributed by atoms with Gasteiger partial charge in [0.1, 0.15) is 5.82 Å². The smallest absolute Gasteiger partial charge is 0.275 e. The van der Waals surface area contributed by atoms with E-state index in [4.69, 9.17) is 4.74 Å². The number of rotatable bonds is 8. The van der Waals surface area contributed by atoms with Crippen molar-refractivity contribution in [3.8, 4) is 11.4 Å². The Kier molecular flexibility index (Phi) is 6.63. The fourth-order valence-electron chi connectivity index (χ4n) is 3.11. The lowest BCUT2D eigenvalue weighted by Gasteiger charge is -2.12. The Morgan fingerprint density at radius 1 is 1.30 bits per heavy atom. The fraction of sp³-hybridized carbons (Fsp3) is 0.429. The highest BCUT2D eigenvalue weighted by Crippen LogP contribution is 2.22. The van der Waals surface area contributed by atoms with E-state index in [0.717, 1.165) is 25.7 Å². The van der Waals surface area contributed by atoms with Crippen LogP contribution in [0.25, 0.3) is 5.69 Å². The van der Waals surface area contributed by atoms with Gasteiger partial charge in [0.2, 0.25) is 0 Å². The van der Waals surface area contributed by atoms with E-state index in [1.165, 1.54) is 30.5 Å². The van der Waals surface area contributed by atoms with Crippen LogP contribution in [-0.2, 0) is 0 Å². The minimum Gasteiger partial charge on any atom is -0.489 e. The molecule has 0 aliphatic heterocycles. The highest BCUT2D eigenvalue weighted by atomic mass is 19.1. The second-order valence-corrected chi connectivity index (χ2v) is 6.73. The van der Waals surface area contributed by atoms with Crippen molar-refractivity contribution >= 4 is 5.91 Å². The predicted octanol–water partition coefficient (Wildman–Crippen LogP) is 4.42. The van der Waals surface area contributed by atoms with E-state index in [9.17, 15) is 9.18 Å². The van der Waals surface area contributed by atoms with Crippen LogP contribution in [-0.4, -0.2) is 28.8 Å². The number of amides is 1. The van der Waals surface area contributed by atoms with E-state index in [-0.39, 0.29) is 17.4 Å². The Morgan fingerprint density at radius 2 is 2.11 bits per heavy atom. The first kappa shape index (κ1) is 19.1. The lowest BCUT2D eigenvalue weighted by molar-refractivity contribution is 0.0944. The van der Waals surface area contributed by atoms with Gasteiger partial charge in [-0.2, -0.15) is 5.10 Å². The molecular formula is C21H26FN3O2. The maximum atomic E-state index is 13.2. The third-order valence-electron chi connectivity index (χ3n) is 4.57. The van der Waals surface area contributed by atoms with Crippen LogP contribution in [0.4, 0.5) is 4.39 Å². The topological polar surface area (TPSA) is 56.2 Å². The number of nitrogens with one attached hydrogen (secondary N) is 1. The summed E-state index contributed by atoms with van der Waals surface area (Å²) in [6.07, 6.45) is 10.4. The summed E-state index contributed by atoms with van der Waals surface area (Å²) in [6.45, 7) is 3.09. The second kappa shape index (κ2) is 9.35. The molecule has 3 rings (SSSR count). The van der Waals surface area contributed by atoms with Crippen LogP contribution in [0.5, 0.6) is 5.75 Å². The van der Waals surface area contributed by atoms with Crippen molar-refractivity contribution in [3.05, 3.63) is 53.6 Å². The number of hydrogen-bond donors (Lipinski definition) is 1. The quantitative estimate of drug-likeness (QED) is 0.699. The molecule has 0 saturated carbocycles. The highest BCUT2D eigenvalue weighted by Gasteiger charge is 2.19. The number of aromatic nitrogens is 2. The largest absolute Gasteiger partial charge is 0.489 e. The van der Waals surface area contributed by atoms with E-state index in [0.29, 0.717) is 24.6 Å². The van der Waals surface area contributed by atoms with Crippen molar-refractivity contribution in [1.82, 2.24) is 15.1 Å². The minimum atomic E-state index is -0.316. The van der Waals surface area contributed by atoms with Crippen molar-refractivity contribution < 1.29 is 13.9 Å². The minimum absolute atomic E-state index is 0.252. The van der Waals surface area contributed by atoms with E-state index in [2.05, 4.69) is 16.5 Å². The van der Waals surface area contributed by atoms with Gasteiger partial charge in [0, 0.05) is 6.54 Å². The Balaban J connectivity index is 1.70. The lowest BCUT2D eigenvalue weighted by Crippen LogP contribution is -2.26. The van der Waals surface area contributed by atoms with Crippen molar-refractivity contribution in [3.63, 3.8) is 0 Å². The highest BCUT2D eigenvalue weighted by molar-refractivity contribution is 5.94. The number of carbonyl (C=O) groups excluding carboxylic acids is 1. The third kappa shape index (κ3) is 5.18. The van der Waals surface area contributed by atoms with Crippen molar-refractivity contribution in [2.75, 3.05) is 13.2 Å². The van der Waals surface area contributed by atoms with Crippen LogP contribution in [0.2, 0.25) is 0 Å². The molecule has 1 aromatic carbocycles. The lowest BCUT2D eigenvalue weighted by atomic mass is 9.97. The number of halogens is 1. The molecule has 1 aromatic heterocycles. The summed E-state index contributed by atoms with van der Waals surface area (Å²) in [4.78, 5) is 12.6. The molecule has 27 heavy (non-hydrogen) atoms. The number of hydrogen-bond acceptors (Lipinski definition) is 3. The van der Waals surface area contributed by atoms with Gasteiger partial charge in [0.15, 0.2) is 11.4 Å². The van der Waals surface area contributed by atoms with Gasteiger partial charge in [-0.1, -0.05) is 18.6 Å². The first-order chi connectivity index (χ1) is 13.2. The molecule has 1 N–H and O–H groups in total. The molecule has 0 radical (unpaired) electrons. The zero-order chi connectivity index (χ0) is 19.1. The zero-order valence-electron chi connectivity index (χ0n) is 15.7. The Morgan fingerprint density at radius 3 is 2.81 bits per heavy atom. The number of allylic oxidation sites excluding steroid dienone is 1. The fourth-order valence-corrected chi connectivity index (χ4v) is 3.11. The number of ether oxygens (including phenoxy) is 1. The van der Waals surface area contributed by atoms with E-state index < -0.39 is 0 Å². The molecule has 0 saturated heterocycles. The maximum Gasteiger partial charge on any atom is 0.275 e. The van der Waals surface area contributed by atoms with Crippen LogP contribution in [0.3, 0.4) is 0 Å². The van der Waals surface area contributed by atoms with Gasteiger partial charge >= 0.3 is 0 Å². The van der Waals surface area contributed by atoms with Gasteiger partial charge in [-0.3, -0.25) is 4.79 Å². The molecule has 0 spiro atoms. The van der Waals surface area contributed by atoms with Crippen LogP contribution < -0.4 is 10.1 Å². The molecule has 1 heterocycles. The number of carbonyl (C=O) groups is 1. The summed E-state index contributed by atoms with van der Waals surface area (Å²) in [6, 6.07) is 5.95. The average molecular weight is 371 g/mol. The molecule has 2 aromatic rings. The van der Waals surface area contributed by atoms with Crippen molar-refractivity contribution in [2.45, 2.75) is 45.4 Å². The normalized spacial score (nSPS) is 13.9. The van der Waals surface area contributed by atoms with Crippen LogP contribution >= 0.6 is 0 Å². The summed E-state index contributed by atoms with van der Waals surface area (Å²) in [5, 5.41) is 7.31. The summed E-state index contributed by atoms with van der Waals surface area (Å²) in [5.41, 5.74) is 2.34.